The molecule has 0 unspecified atom stereocenters. The highest BCUT2D eigenvalue weighted by atomic mass is 79.9. The van der Waals surface area contributed by atoms with E-state index in [4.69, 9.17) is 10.5 Å². The topological polar surface area (TPSA) is 55.6 Å². The average Bonchev–Trinajstić information content (AvgIpc) is 2.42. The predicted octanol–water partition coefficient (Wildman–Crippen LogP) is 2.53. The summed E-state index contributed by atoms with van der Waals surface area (Å²) in [6, 6.07) is 5.40. The molecule has 1 aromatic rings. The van der Waals surface area contributed by atoms with E-state index in [-0.39, 0.29) is 5.91 Å². The van der Waals surface area contributed by atoms with E-state index in [2.05, 4.69) is 15.9 Å². The second kappa shape index (κ2) is 6.39. The summed E-state index contributed by atoms with van der Waals surface area (Å²) in [5.41, 5.74) is 7.06. The van der Waals surface area contributed by atoms with Crippen LogP contribution in [0.25, 0.3) is 0 Å². The Bertz CT molecular complexity index is 457. The number of carbonyl (C=O) groups excluding carboxylic acids is 1. The molecule has 0 saturated carbocycles. The van der Waals surface area contributed by atoms with E-state index in [9.17, 15) is 4.79 Å². The maximum absolute atomic E-state index is 12.4. The van der Waals surface area contributed by atoms with E-state index >= 15 is 0 Å². The SMILES string of the molecule is COCC1CCN(C(=O)c2cccc(N)c2Br)CC1. The Labute approximate surface area is 122 Å². The summed E-state index contributed by atoms with van der Waals surface area (Å²) < 4.78 is 5.86. The van der Waals surface area contributed by atoms with Crippen LogP contribution in [0.5, 0.6) is 0 Å². The first-order valence-corrected chi connectivity index (χ1v) is 7.25. The van der Waals surface area contributed by atoms with Gasteiger partial charge in [0.1, 0.15) is 0 Å². The number of anilines is 1. The van der Waals surface area contributed by atoms with Crippen molar-refractivity contribution in [1.82, 2.24) is 4.90 Å². The van der Waals surface area contributed by atoms with Gasteiger partial charge in [-0.1, -0.05) is 6.07 Å². The number of halogens is 1. The van der Waals surface area contributed by atoms with Gasteiger partial charge in [0.15, 0.2) is 0 Å². The Morgan fingerprint density at radius 2 is 2.16 bits per heavy atom. The summed E-state index contributed by atoms with van der Waals surface area (Å²) in [5, 5.41) is 0. The monoisotopic (exact) mass is 326 g/mol. The maximum Gasteiger partial charge on any atom is 0.255 e. The molecule has 2 N–H and O–H groups in total. The number of ether oxygens (including phenoxy) is 1. The molecule has 0 aliphatic carbocycles. The molecule has 1 aromatic carbocycles. The van der Waals surface area contributed by atoms with Crippen LogP contribution < -0.4 is 5.73 Å². The number of nitrogens with zero attached hydrogens (tertiary/aromatic N) is 1. The van der Waals surface area contributed by atoms with Crippen molar-refractivity contribution in [1.29, 1.82) is 0 Å². The number of carbonyl (C=O) groups is 1. The molecule has 0 radical (unpaired) electrons. The van der Waals surface area contributed by atoms with Gasteiger partial charge in [0.05, 0.1) is 10.0 Å². The summed E-state index contributed by atoms with van der Waals surface area (Å²) in [5.74, 6) is 0.619. The number of hydrogen-bond acceptors (Lipinski definition) is 3. The van der Waals surface area contributed by atoms with E-state index in [1.54, 1.807) is 13.2 Å². The van der Waals surface area contributed by atoms with Gasteiger partial charge in [0, 0.05) is 32.5 Å². The first-order valence-electron chi connectivity index (χ1n) is 6.45. The fourth-order valence-electron chi connectivity index (χ4n) is 2.42. The number of hydrogen-bond donors (Lipinski definition) is 1. The molecule has 0 atom stereocenters. The Balaban J connectivity index is 2.03. The lowest BCUT2D eigenvalue weighted by atomic mass is 9.97. The van der Waals surface area contributed by atoms with Gasteiger partial charge in [-0.2, -0.15) is 0 Å². The maximum atomic E-state index is 12.4. The van der Waals surface area contributed by atoms with Crippen LogP contribution in [0.15, 0.2) is 22.7 Å². The smallest absolute Gasteiger partial charge is 0.255 e. The molecule has 1 heterocycles. The largest absolute Gasteiger partial charge is 0.398 e. The van der Waals surface area contributed by atoms with Gasteiger partial charge in [0.2, 0.25) is 0 Å². The second-order valence-electron chi connectivity index (χ2n) is 4.90. The third kappa shape index (κ3) is 3.28. The van der Waals surface area contributed by atoms with Crippen LogP contribution >= 0.6 is 15.9 Å². The minimum Gasteiger partial charge on any atom is -0.398 e. The number of benzene rings is 1. The summed E-state index contributed by atoms with van der Waals surface area (Å²) in [6.07, 6.45) is 2.00. The number of piperidine rings is 1. The number of amides is 1. The quantitative estimate of drug-likeness (QED) is 0.868. The van der Waals surface area contributed by atoms with Crippen molar-refractivity contribution in [2.45, 2.75) is 12.8 Å². The molecule has 1 amide bonds. The molecule has 5 heteroatoms. The van der Waals surface area contributed by atoms with Gasteiger partial charge in [-0.15, -0.1) is 0 Å². The van der Waals surface area contributed by atoms with Crippen LogP contribution in [0.2, 0.25) is 0 Å². The van der Waals surface area contributed by atoms with Gasteiger partial charge >= 0.3 is 0 Å². The molecular weight excluding hydrogens is 308 g/mol. The number of nitrogens with two attached hydrogens (primary N) is 1. The second-order valence-corrected chi connectivity index (χ2v) is 5.69. The number of nitrogen functional groups attached to an aromatic ring is 1. The average molecular weight is 327 g/mol. The van der Waals surface area contributed by atoms with E-state index < -0.39 is 0 Å². The molecule has 104 valence electrons. The Kier molecular flexibility index (Phi) is 4.82. The van der Waals surface area contributed by atoms with Crippen molar-refractivity contribution in [3.05, 3.63) is 28.2 Å². The van der Waals surface area contributed by atoms with Crippen LogP contribution in [0, 0.1) is 5.92 Å². The lowest BCUT2D eigenvalue weighted by Crippen LogP contribution is -2.39. The zero-order chi connectivity index (χ0) is 13.8. The third-order valence-corrected chi connectivity index (χ3v) is 4.45. The highest BCUT2D eigenvalue weighted by Crippen LogP contribution is 2.26. The van der Waals surface area contributed by atoms with E-state index in [1.165, 1.54) is 0 Å². The van der Waals surface area contributed by atoms with Crippen molar-refractivity contribution in [3.8, 4) is 0 Å². The molecule has 19 heavy (non-hydrogen) atoms. The molecule has 0 spiro atoms. The van der Waals surface area contributed by atoms with Gasteiger partial charge in [-0.3, -0.25) is 4.79 Å². The summed E-state index contributed by atoms with van der Waals surface area (Å²) in [4.78, 5) is 14.3. The molecule has 1 aliphatic rings. The van der Waals surface area contributed by atoms with Gasteiger partial charge < -0.3 is 15.4 Å². The lowest BCUT2D eigenvalue weighted by Gasteiger charge is -2.32. The first-order chi connectivity index (χ1) is 9.13. The van der Waals surface area contributed by atoms with Gasteiger partial charge in [0.25, 0.3) is 5.91 Å². The van der Waals surface area contributed by atoms with E-state index in [1.807, 2.05) is 17.0 Å². The zero-order valence-corrected chi connectivity index (χ0v) is 12.6. The van der Waals surface area contributed by atoms with Crippen LogP contribution in [0.4, 0.5) is 5.69 Å². The molecule has 4 nitrogen and oxygen atoms in total. The standard InChI is InChI=1S/C14H19BrN2O2/c1-19-9-10-5-7-17(8-6-10)14(18)11-3-2-4-12(16)13(11)15/h2-4,10H,5-9,16H2,1H3. The number of methoxy groups -OCH3 is 1. The minimum atomic E-state index is 0.0510. The van der Waals surface area contributed by atoms with Crippen LogP contribution in [0.1, 0.15) is 23.2 Å². The molecule has 0 aromatic heterocycles. The van der Waals surface area contributed by atoms with E-state index in [0.717, 1.165) is 32.5 Å². The summed E-state index contributed by atoms with van der Waals surface area (Å²) in [6.45, 7) is 2.35. The molecule has 1 aliphatic heterocycles. The number of rotatable bonds is 3. The summed E-state index contributed by atoms with van der Waals surface area (Å²) >= 11 is 3.39. The van der Waals surface area contributed by atoms with Crippen molar-refractivity contribution in [2.75, 3.05) is 32.5 Å². The molecular formula is C14H19BrN2O2. The highest BCUT2D eigenvalue weighted by Gasteiger charge is 2.24. The summed E-state index contributed by atoms with van der Waals surface area (Å²) in [7, 11) is 1.72. The van der Waals surface area contributed by atoms with Gasteiger partial charge in [-0.05, 0) is 46.8 Å². The van der Waals surface area contributed by atoms with Gasteiger partial charge in [-0.25, -0.2) is 0 Å². The molecule has 2 rings (SSSR count). The number of likely N-dealkylation sites (tertiary alicyclic amines) is 1. The first kappa shape index (κ1) is 14.3. The Morgan fingerprint density at radius 1 is 1.47 bits per heavy atom. The van der Waals surface area contributed by atoms with Crippen LogP contribution in [-0.4, -0.2) is 37.6 Å². The minimum absolute atomic E-state index is 0.0510. The molecule has 1 saturated heterocycles. The van der Waals surface area contributed by atoms with Crippen molar-refractivity contribution < 1.29 is 9.53 Å². The predicted molar refractivity (Wildman–Crippen MR) is 79.1 cm³/mol. The Hall–Kier alpha value is -1.07. The Morgan fingerprint density at radius 3 is 2.79 bits per heavy atom. The fourth-order valence-corrected chi connectivity index (χ4v) is 2.86. The lowest BCUT2D eigenvalue weighted by molar-refractivity contribution is 0.0613. The third-order valence-electron chi connectivity index (χ3n) is 3.56. The van der Waals surface area contributed by atoms with E-state index in [0.29, 0.717) is 21.6 Å². The van der Waals surface area contributed by atoms with Crippen LogP contribution in [0.3, 0.4) is 0 Å². The van der Waals surface area contributed by atoms with Crippen molar-refractivity contribution >= 4 is 27.5 Å². The highest BCUT2D eigenvalue weighted by molar-refractivity contribution is 9.10. The fraction of sp³-hybridized carbons (Fsp3) is 0.500. The van der Waals surface area contributed by atoms with Crippen molar-refractivity contribution in [3.63, 3.8) is 0 Å². The zero-order valence-electron chi connectivity index (χ0n) is 11.1. The van der Waals surface area contributed by atoms with Crippen LogP contribution in [-0.2, 0) is 4.74 Å². The molecule has 0 bridgehead atoms. The molecule has 1 fully saturated rings. The normalized spacial score (nSPS) is 16.6. The van der Waals surface area contributed by atoms with Crippen molar-refractivity contribution in [2.24, 2.45) is 5.92 Å².